The summed E-state index contributed by atoms with van der Waals surface area (Å²) in [5, 5.41) is 14.4. The molecule has 1 unspecified atom stereocenters. The number of H-pyrrole nitrogens is 1. The van der Waals surface area contributed by atoms with Gasteiger partial charge >= 0.3 is 0 Å². The molecule has 0 radical (unpaired) electrons. The van der Waals surface area contributed by atoms with Gasteiger partial charge in [0.25, 0.3) is 15.1 Å². The van der Waals surface area contributed by atoms with Crippen molar-refractivity contribution >= 4 is 85.7 Å². The summed E-state index contributed by atoms with van der Waals surface area (Å²) in [7, 11) is 0. The standard InChI is InChI=1S/C12H7BrCl2FN7O2S2/c13-12(22(15)16,27-23(24)25)26-11-20-9-8(17-5-18-9)10(21-11)19-7-3-1-2-6(14)4-7/h1-5H,(H2,17,18,19,20,21). The van der Waals surface area contributed by atoms with Crippen LogP contribution in [0.5, 0.6) is 0 Å². The molecule has 0 aliphatic heterocycles. The Labute approximate surface area is 177 Å². The molecule has 3 aromatic rings. The number of nitrogens with zero attached hydrogens (tertiary/aromatic N) is 5. The fourth-order valence-electron chi connectivity index (χ4n) is 1.94. The van der Waals surface area contributed by atoms with Gasteiger partial charge in [-0.05, 0) is 50.5 Å². The molecule has 0 saturated carbocycles. The van der Waals surface area contributed by atoms with Crippen LogP contribution in [-0.4, -0.2) is 32.0 Å². The molecule has 0 aliphatic carbocycles. The van der Waals surface area contributed by atoms with Gasteiger partial charge in [-0.25, -0.2) is 15.0 Å². The third-order valence-corrected chi connectivity index (χ3v) is 6.87. The monoisotopic (exact) mass is 513 g/mol. The van der Waals surface area contributed by atoms with Crippen LogP contribution in [0.15, 0.2) is 35.7 Å². The number of nitrogens with one attached hydrogen (secondary N) is 2. The van der Waals surface area contributed by atoms with Crippen molar-refractivity contribution in [1.82, 2.24) is 24.6 Å². The molecule has 0 aliphatic rings. The molecule has 3 rings (SSSR count). The van der Waals surface area contributed by atoms with Crippen LogP contribution >= 0.6 is 63.0 Å². The van der Waals surface area contributed by atoms with Crippen molar-refractivity contribution in [2.24, 2.45) is 0 Å². The summed E-state index contributed by atoms with van der Waals surface area (Å²) in [5.41, 5.74) is 1.41. The van der Waals surface area contributed by atoms with Crippen molar-refractivity contribution in [2.75, 3.05) is 5.32 Å². The van der Waals surface area contributed by atoms with Gasteiger partial charge in [-0.15, -0.1) is 4.48 Å². The Bertz CT molecular complexity index is 997. The lowest BCUT2D eigenvalue weighted by molar-refractivity contribution is -0.286. The summed E-state index contributed by atoms with van der Waals surface area (Å²) in [6.45, 7) is 0. The number of hydrogen-bond donors (Lipinski definition) is 2. The van der Waals surface area contributed by atoms with E-state index in [1.54, 1.807) is 24.3 Å². The van der Waals surface area contributed by atoms with Gasteiger partial charge in [0.05, 0.1) is 6.33 Å². The Hall–Kier alpha value is -1.38. The second-order valence-electron chi connectivity index (χ2n) is 4.75. The maximum atomic E-state index is 13.6. The van der Waals surface area contributed by atoms with E-state index in [4.69, 9.17) is 23.4 Å². The molecule has 9 nitrogen and oxygen atoms in total. The van der Waals surface area contributed by atoms with Crippen molar-refractivity contribution in [1.29, 1.82) is 0 Å². The Morgan fingerprint density at radius 1 is 1.44 bits per heavy atom. The van der Waals surface area contributed by atoms with E-state index in [1.807, 2.05) is 0 Å². The predicted molar refractivity (Wildman–Crippen MR) is 107 cm³/mol. The molecule has 27 heavy (non-hydrogen) atoms. The first-order valence-electron chi connectivity index (χ1n) is 6.84. The van der Waals surface area contributed by atoms with E-state index in [0.29, 0.717) is 33.8 Å². The zero-order valence-electron chi connectivity index (χ0n) is 12.8. The highest BCUT2D eigenvalue weighted by Gasteiger charge is 2.46. The van der Waals surface area contributed by atoms with Crippen LogP contribution in [0, 0.1) is 10.1 Å². The quantitative estimate of drug-likeness (QED) is 0.0510. The van der Waals surface area contributed by atoms with Crippen LogP contribution in [0.3, 0.4) is 0 Å². The molecule has 1 aromatic carbocycles. The van der Waals surface area contributed by atoms with Gasteiger partial charge < -0.3 is 10.3 Å². The summed E-state index contributed by atoms with van der Waals surface area (Å²) in [4.78, 5) is 26.2. The number of thioether (sulfide) groups is 1. The van der Waals surface area contributed by atoms with E-state index in [2.05, 4.69) is 41.2 Å². The molecule has 0 saturated heterocycles. The molecule has 142 valence electrons. The molecule has 2 aromatic heterocycles. The summed E-state index contributed by atoms with van der Waals surface area (Å²) >= 11 is 14.8. The summed E-state index contributed by atoms with van der Waals surface area (Å²) in [6, 6.07) is 6.90. The minimum absolute atomic E-state index is 0.00120. The number of aromatic nitrogens is 4. The van der Waals surface area contributed by atoms with Crippen LogP contribution in [0.25, 0.3) is 11.2 Å². The number of alkyl halides is 1. The number of fused-ring (bicyclic) bond motifs is 1. The lowest BCUT2D eigenvalue weighted by Gasteiger charge is -2.20. The van der Waals surface area contributed by atoms with Crippen LogP contribution in [-0.2, 0) is 0 Å². The van der Waals surface area contributed by atoms with E-state index in [0.717, 1.165) is 0 Å². The summed E-state index contributed by atoms with van der Waals surface area (Å²) in [5.74, 6) is 0.322. The van der Waals surface area contributed by atoms with Crippen LogP contribution in [0.4, 0.5) is 16.0 Å². The van der Waals surface area contributed by atoms with Crippen molar-refractivity contribution in [3.8, 4) is 0 Å². The van der Waals surface area contributed by atoms with Crippen molar-refractivity contribution in [2.45, 2.75) is 8.27 Å². The van der Waals surface area contributed by atoms with Gasteiger partial charge in [0.1, 0.15) is 9.85 Å². The van der Waals surface area contributed by atoms with Crippen LogP contribution in [0.1, 0.15) is 0 Å². The van der Waals surface area contributed by atoms with Gasteiger partial charge in [0.15, 0.2) is 16.6 Å². The first kappa shape index (κ1) is 20.4. The third-order valence-electron chi connectivity index (χ3n) is 2.96. The van der Waals surface area contributed by atoms with Crippen LogP contribution < -0.4 is 5.32 Å². The molecule has 2 N–H and O–H groups in total. The third kappa shape index (κ3) is 4.92. The topological polar surface area (TPSA) is 113 Å². The fourth-order valence-corrected chi connectivity index (χ4v) is 4.48. The molecule has 1 atom stereocenters. The normalized spacial score (nSPS) is 13.7. The summed E-state index contributed by atoms with van der Waals surface area (Å²) in [6.07, 6.45) is 1.41. The number of nitro groups is 1. The number of hydrogen-bond acceptors (Lipinski definition) is 9. The molecule has 2 heterocycles. The molecule has 0 bridgehead atoms. The first-order valence-corrected chi connectivity index (χ1v) is 9.93. The SMILES string of the molecule is O=[N+]([O-])SC(Br)(Sc1nc(Nc2cccc(Cl)c2)c2[nH]cnc2n1)N(F)Cl. The molecular weight excluding hydrogens is 508 g/mol. The second kappa shape index (κ2) is 8.32. The number of halogens is 4. The van der Waals surface area contributed by atoms with E-state index >= 15 is 0 Å². The van der Waals surface area contributed by atoms with Gasteiger partial charge in [0, 0.05) is 22.5 Å². The molecular formula is C12H7BrCl2FN7O2S2. The van der Waals surface area contributed by atoms with E-state index in [9.17, 15) is 14.6 Å². The van der Waals surface area contributed by atoms with Gasteiger partial charge in [-0.3, -0.25) is 10.1 Å². The lowest BCUT2D eigenvalue weighted by Crippen LogP contribution is -2.26. The Morgan fingerprint density at radius 2 is 2.22 bits per heavy atom. The van der Waals surface area contributed by atoms with Gasteiger partial charge in [-0.2, -0.15) is 0 Å². The lowest BCUT2D eigenvalue weighted by atomic mass is 10.3. The smallest absolute Gasteiger partial charge is 0.289 e. The highest BCUT2D eigenvalue weighted by Crippen LogP contribution is 2.50. The number of aromatic amines is 1. The Morgan fingerprint density at radius 3 is 2.89 bits per heavy atom. The first-order chi connectivity index (χ1) is 12.8. The fraction of sp³-hybridized carbons (Fsp3) is 0.0833. The molecule has 0 spiro atoms. The Kier molecular flexibility index (Phi) is 6.28. The van der Waals surface area contributed by atoms with E-state index in [-0.39, 0.29) is 27.4 Å². The second-order valence-corrected chi connectivity index (χ2v) is 10.2. The number of rotatable bonds is 7. The highest BCUT2D eigenvalue weighted by atomic mass is 79.9. The number of anilines is 2. The average Bonchev–Trinajstić information content (AvgIpc) is 3.02. The van der Waals surface area contributed by atoms with Gasteiger partial charge in [-0.1, -0.05) is 17.7 Å². The van der Waals surface area contributed by atoms with Gasteiger partial charge in [0.2, 0.25) is 0 Å². The zero-order valence-corrected chi connectivity index (χ0v) is 17.5. The predicted octanol–water partition coefficient (Wildman–Crippen LogP) is 5.11. The average molecular weight is 515 g/mol. The summed E-state index contributed by atoms with van der Waals surface area (Å²) < 4.78 is 10.5. The maximum Gasteiger partial charge on any atom is 0.289 e. The number of imidazole rings is 1. The Balaban J connectivity index is 1.98. The van der Waals surface area contributed by atoms with E-state index < -0.39 is 7.44 Å². The largest absolute Gasteiger partial charge is 0.340 e. The molecule has 15 heteroatoms. The van der Waals surface area contributed by atoms with Crippen molar-refractivity contribution in [3.05, 3.63) is 45.7 Å². The highest BCUT2D eigenvalue weighted by molar-refractivity contribution is 9.13. The molecule has 0 fully saturated rings. The minimum atomic E-state index is -1.99. The van der Waals surface area contributed by atoms with Crippen molar-refractivity contribution in [3.63, 3.8) is 0 Å². The maximum absolute atomic E-state index is 13.6. The molecule has 0 amide bonds. The van der Waals surface area contributed by atoms with E-state index in [1.165, 1.54) is 6.33 Å². The van der Waals surface area contributed by atoms with Crippen molar-refractivity contribution < 1.29 is 8.81 Å². The zero-order chi connectivity index (χ0) is 19.6. The number of benzene rings is 1. The minimum Gasteiger partial charge on any atom is -0.340 e. The van der Waals surface area contributed by atoms with Crippen LogP contribution in [0.2, 0.25) is 5.02 Å².